The molecule has 4 heteroatoms. The van der Waals surface area contributed by atoms with Crippen molar-refractivity contribution in [2.24, 2.45) is 10.9 Å². The Bertz CT molecular complexity index is 666. The Morgan fingerprint density at radius 1 is 1.00 bits per heavy atom. The van der Waals surface area contributed by atoms with E-state index in [0.717, 1.165) is 36.3 Å². The number of ether oxygens (including phenoxy) is 1. The number of guanidine groups is 1. The Hall–Kier alpha value is -2.49. The van der Waals surface area contributed by atoms with Crippen molar-refractivity contribution >= 4 is 5.96 Å². The molecule has 1 aliphatic carbocycles. The molecule has 0 radical (unpaired) electrons. The highest BCUT2D eigenvalue weighted by Crippen LogP contribution is 2.30. The molecule has 2 aromatic rings. The van der Waals surface area contributed by atoms with Crippen LogP contribution in [0, 0.1) is 5.92 Å². The minimum atomic E-state index is 0.690. The topological polar surface area (TPSA) is 45.7 Å². The second-order valence-electron chi connectivity index (χ2n) is 6.13. The fourth-order valence-electron chi connectivity index (χ4n) is 2.46. The molecule has 0 aliphatic heterocycles. The van der Waals surface area contributed by atoms with E-state index in [1.54, 1.807) is 7.05 Å². The molecule has 0 amide bonds. The summed E-state index contributed by atoms with van der Waals surface area (Å²) in [5.41, 5.74) is 2.38. The third kappa shape index (κ3) is 5.01. The van der Waals surface area contributed by atoms with Gasteiger partial charge in [0.05, 0.1) is 6.61 Å². The molecule has 3 rings (SSSR count). The first kappa shape index (κ1) is 16.4. The molecule has 0 heterocycles. The minimum absolute atomic E-state index is 0.690. The van der Waals surface area contributed by atoms with Crippen molar-refractivity contribution in [3.63, 3.8) is 0 Å². The van der Waals surface area contributed by atoms with Gasteiger partial charge in [-0.05, 0) is 30.4 Å². The molecular weight excluding hydrogens is 298 g/mol. The number of nitrogens with one attached hydrogen (secondary N) is 2. The second kappa shape index (κ2) is 8.39. The summed E-state index contributed by atoms with van der Waals surface area (Å²) in [5, 5.41) is 6.69. The zero-order valence-corrected chi connectivity index (χ0v) is 14.2. The highest BCUT2D eigenvalue weighted by atomic mass is 16.5. The molecule has 1 saturated carbocycles. The quantitative estimate of drug-likeness (QED) is 0.607. The van der Waals surface area contributed by atoms with Gasteiger partial charge in [-0.2, -0.15) is 0 Å². The Morgan fingerprint density at radius 3 is 2.46 bits per heavy atom. The molecule has 0 aromatic heterocycles. The predicted molar refractivity (Wildman–Crippen MR) is 98.1 cm³/mol. The van der Waals surface area contributed by atoms with E-state index in [9.17, 15) is 0 Å². The third-order valence-electron chi connectivity index (χ3n) is 4.12. The Kier molecular flexibility index (Phi) is 5.72. The average molecular weight is 323 g/mol. The Morgan fingerprint density at radius 2 is 1.71 bits per heavy atom. The van der Waals surface area contributed by atoms with Crippen LogP contribution >= 0.6 is 0 Å². The first-order valence-corrected chi connectivity index (χ1v) is 8.54. The van der Waals surface area contributed by atoms with Gasteiger partial charge in [-0.15, -0.1) is 0 Å². The number of hydrogen-bond donors (Lipinski definition) is 2. The molecule has 2 N–H and O–H groups in total. The number of nitrogens with zero attached hydrogens (tertiary/aromatic N) is 1. The fourth-order valence-corrected chi connectivity index (χ4v) is 2.46. The van der Waals surface area contributed by atoms with Gasteiger partial charge in [0, 0.05) is 25.7 Å². The maximum atomic E-state index is 5.96. The van der Waals surface area contributed by atoms with Crippen molar-refractivity contribution in [1.29, 1.82) is 0 Å². The van der Waals surface area contributed by atoms with Gasteiger partial charge in [0.15, 0.2) is 5.96 Å². The van der Waals surface area contributed by atoms with Crippen LogP contribution in [0.25, 0.3) is 0 Å². The lowest BCUT2D eigenvalue weighted by atomic mass is 10.2. The zero-order chi connectivity index (χ0) is 16.6. The Balaban J connectivity index is 1.51. The van der Waals surface area contributed by atoms with Gasteiger partial charge in [0.2, 0.25) is 0 Å². The largest absolute Gasteiger partial charge is 0.493 e. The molecule has 0 unspecified atom stereocenters. The normalized spacial score (nSPS) is 14.3. The summed E-state index contributed by atoms with van der Waals surface area (Å²) >= 11 is 0. The van der Waals surface area contributed by atoms with Gasteiger partial charge in [-0.3, -0.25) is 4.99 Å². The van der Waals surface area contributed by atoms with Crippen molar-refractivity contribution < 1.29 is 4.74 Å². The lowest BCUT2D eigenvalue weighted by Crippen LogP contribution is -2.36. The molecular formula is C20H25N3O. The molecule has 0 spiro atoms. The van der Waals surface area contributed by atoms with Crippen molar-refractivity contribution in [3.05, 3.63) is 65.7 Å². The van der Waals surface area contributed by atoms with Crippen LogP contribution in [0.1, 0.15) is 24.0 Å². The number of benzene rings is 2. The fraction of sp³-hybridized carbons (Fsp3) is 0.350. The van der Waals surface area contributed by atoms with Crippen LogP contribution in [0.4, 0.5) is 0 Å². The lowest BCUT2D eigenvalue weighted by molar-refractivity contribution is 0.296. The van der Waals surface area contributed by atoms with E-state index in [1.807, 2.05) is 36.4 Å². The molecule has 2 aromatic carbocycles. The summed E-state index contributed by atoms with van der Waals surface area (Å²) in [4.78, 5) is 4.29. The van der Waals surface area contributed by atoms with Gasteiger partial charge in [0.25, 0.3) is 0 Å². The summed E-state index contributed by atoms with van der Waals surface area (Å²) in [6.07, 6.45) is 2.60. The van der Waals surface area contributed by atoms with Gasteiger partial charge >= 0.3 is 0 Å². The van der Waals surface area contributed by atoms with Gasteiger partial charge in [-0.25, -0.2) is 0 Å². The smallest absolute Gasteiger partial charge is 0.191 e. The van der Waals surface area contributed by atoms with Gasteiger partial charge in [0.1, 0.15) is 5.75 Å². The van der Waals surface area contributed by atoms with Crippen LogP contribution in [0.2, 0.25) is 0 Å². The highest BCUT2D eigenvalue weighted by molar-refractivity contribution is 5.79. The molecule has 24 heavy (non-hydrogen) atoms. The molecule has 0 saturated heterocycles. The molecule has 1 fully saturated rings. The maximum Gasteiger partial charge on any atom is 0.191 e. The van der Waals surface area contributed by atoms with Gasteiger partial charge < -0.3 is 15.4 Å². The number of hydrogen-bond acceptors (Lipinski definition) is 2. The van der Waals surface area contributed by atoms with Crippen LogP contribution in [0.3, 0.4) is 0 Å². The predicted octanol–water partition coefficient (Wildman–Crippen LogP) is 3.34. The van der Waals surface area contributed by atoms with Crippen molar-refractivity contribution in [3.8, 4) is 5.75 Å². The number of rotatable bonds is 7. The number of aliphatic imine (C=N–C) groups is 1. The van der Waals surface area contributed by atoms with Crippen LogP contribution in [0.5, 0.6) is 5.75 Å². The average Bonchev–Trinajstić information content (AvgIpc) is 3.46. The van der Waals surface area contributed by atoms with Gasteiger partial charge in [-0.1, -0.05) is 48.5 Å². The lowest BCUT2D eigenvalue weighted by Gasteiger charge is -2.15. The van der Waals surface area contributed by atoms with E-state index >= 15 is 0 Å². The Labute approximate surface area is 144 Å². The zero-order valence-electron chi connectivity index (χ0n) is 14.2. The summed E-state index contributed by atoms with van der Waals surface area (Å²) in [7, 11) is 1.79. The molecule has 0 atom stereocenters. The summed E-state index contributed by atoms with van der Waals surface area (Å²) in [5.74, 6) is 2.51. The molecule has 126 valence electrons. The maximum absolute atomic E-state index is 5.96. The van der Waals surface area contributed by atoms with E-state index in [0.29, 0.717) is 6.54 Å². The van der Waals surface area contributed by atoms with E-state index < -0.39 is 0 Å². The third-order valence-corrected chi connectivity index (χ3v) is 4.12. The molecule has 0 bridgehead atoms. The van der Waals surface area contributed by atoms with E-state index in [1.165, 1.54) is 18.4 Å². The van der Waals surface area contributed by atoms with E-state index in [4.69, 9.17) is 4.74 Å². The van der Waals surface area contributed by atoms with Crippen LogP contribution in [-0.2, 0) is 13.1 Å². The van der Waals surface area contributed by atoms with Crippen LogP contribution in [-0.4, -0.2) is 19.6 Å². The van der Waals surface area contributed by atoms with Crippen molar-refractivity contribution in [2.75, 3.05) is 13.7 Å². The summed E-state index contributed by atoms with van der Waals surface area (Å²) < 4.78 is 5.96. The SMILES string of the molecule is CN=C(NCc1ccccc1)NCc1ccccc1OCC1CC1. The number of para-hydroxylation sites is 1. The summed E-state index contributed by atoms with van der Waals surface area (Å²) in [6.45, 7) is 2.27. The summed E-state index contributed by atoms with van der Waals surface area (Å²) in [6, 6.07) is 18.5. The van der Waals surface area contributed by atoms with Crippen LogP contribution < -0.4 is 15.4 Å². The second-order valence-corrected chi connectivity index (χ2v) is 6.13. The standard InChI is InChI=1S/C20H25N3O/c1-21-20(22-13-16-7-3-2-4-8-16)23-14-18-9-5-6-10-19(18)24-15-17-11-12-17/h2-10,17H,11-15H2,1H3,(H2,21,22,23). The highest BCUT2D eigenvalue weighted by Gasteiger charge is 2.22. The van der Waals surface area contributed by atoms with Crippen molar-refractivity contribution in [1.82, 2.24) is 10.6 Å². The van der Waals surface area contributed by atoms with E-state index in [2.05, 4.69) is 33.8 Å². The van der Waals surface area contributed by atoms with E-state index in [-0.39, 0.29) is 0 Å². The molecule has 4 nitrogen and oxygen atoms in total. The minimum Gasteiger partial charge on any atom is -0.493 e. The van der Waals surface area contributed by atoms with Crippen LogP contribution in [0.15, 0.2) is 59.6 Å². The first-order chi connectivity index (χ1) is 11.8. The monoisotopic (exact) mass is 323 g/mol. The molecule has 1 aliphatic rings. The van der Waals surface area contributed by atoms with Crippen molar-refractivity contribution in [2.45, 2.75) is 25.9 Å². The first-order valence-electron chi connectivity index (χ1n) is 8.54.